The molecule has 0 aromatic carbocycles. The van der Waals surface area contributed by atoms with Gasteiger partial charge in [-0.05, 0) is 22.9 Å². The maximum atomic E-state index is 4.31. The predicted octanol–water partition coefficient (Wildman–Crippen LogP) is 1.47. The van der Waals surface area contributed by atoms with Crippen molar-refractivity contribution in [1.29, 1.82) is 0 Å². The highest BCUT2D eigenvalue weighted by Gasteiger charge is 2.16. The fourth-order valence-electron chi connectivity index (χ4n) is 1.39. The summed E-state index contributed by atoms with van der Waals surface area (Å²) in [5.41, 5.74) is 1.55. The van der Waals surface area contributed by atoms with E-state index in [0.717, 1.165) is 23.8 Å². The van der Waals surface area contributed by atoms with Crippen molar-refractivity contribution in [2.24, 2.45) is 7.05 Å². The fraction of sp³-hybridized carbons (Fsp3) is 0.333. The van der Waals surface area contributed by atoms with Crippen LogP contribution in [0.25, 0.3) is 11.4 Å². The lowest BCUT2D eigenvalue weighted by Crippen LogP contribution is -2.05. The van der Waals surface area contributed by atoms with Crippen molar-refractivity contribution in [3.8, 4) is 11.4 Å². The molecule has 2 heterocycles. The molecule has 2 rings (SSSR count). The number of hydrogen-bond donors (Lipinski definition) is 1. The van der Waals surface area contributed by atoms with E-state index in [-0.39, 0.29) is 0 Å². The van der Waals surface area contributed by atoms with E-state index in [1.165, 1.54) is 0 Å². The Balaban J connectivity index is 2.55. The normalized spacial score (nSPS) is 10.4. The Morgan fingerprint density at radius 1 is 1.38 bits per heavy atom. The van der Waals surface area contributed by atoms with E-state index >= 15 is 0 Å². The predicted molar refractivity (Wildman–Crippen MR) is 63.9 cm³/mol. The molecule has 0 aliphatic carbocycles. The van der Waals surface area contributed by atoms with Gasteiger partial charge in [-0.3, -0.25) is 0 Å². The summed E-state index contributed by atoms with van der Waals surface area (Å²) in [4.78, 5) is 8.55. The van der Waals surface area contributed by atoms with Crippen molar-refractivity contribution in [3.63, 3.8) is 0 Å². The number of hydrogen-bond acceptors (Lipinski definition) is 5. The molecule has 1 N–H and O–H groups in total. The van der Waals surface area contributed by atoms with Crippen molar-refractivity contribution in [3.05, 3.63) is 17.0 Å². The van der Waals surface area contributed by atoms with Gasteiger partial charge in [0.1, 0.15) is 11.4 Å². The molecule has 0 aliphatic rings. The maximum absolute atomic E-state index is 4.31. The van der Waals surface area contributed by atoms with Gasteiger partial charge < -0.3 is 5.32 Å². The highest BCUT2D eigenvalue weighted by atomic mass is 79.9. The molecule has 7 heteroatoms. The third-order valence-electron chi connectivity index (χ3n) is 2.05. The average Bonchev–Trinajstić information content (AvgIpc) is 2.60. The van der Waals surface area contributed by atoms with Gasteiger partial charge in [0.25, 0.3) is 0 Å². The van der Waals surface area contributed by atoms with Crippen LogP contribution in [-0.2, 0) is 7.05 Å². The van der Waals surface area contributed by atoms with Crippen LogP contribution in [0.3, 0.4) is 0 Å². The average molecular weight is 283 g/mol. The molecule has 2 aromatic heterocycles. The molecule has 0 unspecified atom stereocenters. The summed E-state index contributed by atoms with van der Waals surface area (Å²) in [6, 6.07) is 0. The Hall–Kier alpha value is -1.50. The molecule has 0 amide bonds. The maximum Gasteiger partial charge on any atom is 0.158 e. The molecule has 16 heavy (non-hydrogen) atoms. The standard InChI is InChI=1S/C9H11BrN6/c1-3-11-9-6(12-4-5-13-9)7-8(10)14-15-16(7)2/h4-5H,3H2,1-2H3,(H,11,13). The van der Waals surface area contributed by atoms with Crippen LogP contribution in [0, 0.1) is 0 Å². The van der Waals surface area contributed by atoms with Gasteiger partial charge in [-0.15, -0.1) is 5.10 Å². The number of rotatable bonds is 3. The first kappa shape index (κ1) is 11.0. The Morgan fingerprint density at radius 2 is 2.12 bits per heavy atom. The molecule has 2 aromatic rings. The van der Waals surface area contributed by atoms with E-state index < -0.39 is 0 Å². The van der Waals surface area contributed by atoms with Gasteiger partial charge in [0.15, 0.2) is 10.4 Å². The zero-order chi connectivity index (χ0) is 11.5. The Bertz CT molecular complexity index is 475. The van der Waals surface area contributed by atoms with E-state index in [0.29, 0.717) is 4.60 Å². The summed E-state index contributed by atoms with van der Waals surface area (Å²) in [5, 5.41) is 11.0. The highest BCUT2D eigenvalue weighted by Crippen LogP contribution is 2.28. The van der Waals surface area contributed by atoms with E-state index in [4.69, 9.17) is 0 Å². The van der Waals surface area contributed by atoms with Crippen LogP contribution < -0.4 is 5.32 Å². The molecule has 0 atom stereocenters. The topological polar surface area (TPSA) is 68.5 Å². The quantitative estimate of drug-likeness (QED) is 0.923. The lowest BCUT2D eigenvalue weighted by Gasteiger charge is -2.07. The van der Waals surface area contributed by atoms with E-state index in [1.807, 2.05) is 14.0 Å². The Kier molecular flexibility index (Phi) is 3.14. The molecule has 0 bridgehead atoms. The van der Waals surface area contributed by atoms with Crippen LogP contribution in [0.15, 0.2) is 17.0 Å². The summed E-state index contributed by atoms with van der Waals surface area (Å²) in [6.45, 7) is 2.80. The lowest BCUT2D eigenvalue weighted by atomic mass is 10.3. The third-order valence-corrected chi connectivity index (χ3v) is 2.59. The van der Waals surface area contributed by atoms with Crippen molar-refractivity contribution in [2.75, 3.05) is 11.9 Å². The minimum atomic E-state index is 0.662. The minimum absolute atomic E-state index is 0.662. The van der Waals surface area contributed by atoms with Gasteiger partial charge >= 0.3 is 0 Å². The van der Waals surface area contributed by atoms with E-state index in [9.17, 15) is 0 Å². The van der Waals surface area contributed by atoms with Gasteiger partial charge in [-0.1, -0.05) is 5.21 Å². The van der Waals surface area contributed by atoms with Gasteiger partial charge in [-0.25, -0.2) is 14.6 Å². The van der Waals surface area contributed by atoms with Gasteiger partial charge in [0.05, 0.1) is 0 Å². The molecule has 0 saturated carbocycles. The molecule has 0 saturated heterocycles. The highest BCUT2D eigenvalue weighted by molar-refractivity contribution is 9.10. The summed E-state index contributed by atoms with van der Waals surface area (Å²) in [6.07, 6.45) is 3.30. The summed E-state index contributed by atoms with van der Waals surface area (Å²) in [5.74, 6) is 0.733. The van der Waals surface area contributed by atoms with Crippen molar-refractivity contribution < 1.29 is 0 Å². The fourth-order valence-corrected chi connectivity index (χ4v) is 1.91. The van der Waals surface area contributed by atoms with Crippen LogP contribution >= 0.6 is 15.9 Å². The van der Waals surface area contributed by atoms with Gasteiger partial charge in [0.2, 0.25) is 0 Å². The van der Waals surface area contributed by atoms with Crippen LogP contribution in [0.4, 0.5) is 5.82 Å². The van der Waals surface area contributed by atoms with Crippen molar-refractivity contribution >= 4 is 21.7 Å². The summed E-state index contributed by atoms with van der Waals surface area (Å²) < 4.78 is 2.32. The smallest absolute Gasteiger partial charge is 0.158 e. The third kappa shape index (κ3) is 1.90. The Labute approximate surface area is 101 Å². The second kappa shape index (κ2) is 4.56. The monoisotopic (exact) mass is 282 g/mol. The number of anilines is 1. The number of halogens is 1. The zero-order valence-electron chi connectivity index (χ0n) is 8.98. The zero-order valence-corrected chi connectivity index (χ0v) is 10.6. The largest absolute Gasteiger partial charge is 0.368 e. The molecule has 0 aliphatic heterocycles. The summed E-state index contributed by atoms with van der Waals surface area (Å²) in [7, 11) is 1.82. The van der Waals surface area contributed by atoms with Crippen LogP contribution in [0.1, 0.15) is 6.92 Å². The molecular formula is C9H11BrN6. The van der Waals surface area contributed by atoms with E-state index in [1.54, 1.807) is 17.1 Å². The van der Waals surface area contributed by atoms with Crippen LogP contribution in [-0.4, -0.2) is 31.5 Å². The minimum Gasteiger partial charge on any atom is -0.368 e. The number of aromatic nitrogens is 5. The number of aryl methyl sites for hydroxylation is 1. The lowest BCUT2D eigenvalue weighted by molar-refractivity contribution is 0.718. The van der Waals surface area contributed by atoms with Gasteiger partial charge in [-0.2, -0.15) is 0 Å². The summed E-state index contributed by atoms with van der Waals surface area (Å²) >= 11 is 3.35. The number of nitrogens with zero attached hydrogens (tertiary/aromatic N) is 5. The van der Waals surface area contributed by atoms with Crippen molar-refractivity contribution in [1.82, 2.24) is 25.0 Å². The van der Waals surface area contributed by atoms with Crippen molar-refractivity contribution in [2.45, 2.75) is 6.92 Å². The Morgan fingerprint density at radius 3 is 2.75 bits per heavy atom. The van der Waals surface area contributed by atoms with E-state index in [2.05, 4.69) is 41.5 Å². The molecular weight excluding hydrogens is 272 g/mol. The molecule has 0 fully saturated rings. The number of nitrogens with one attached hydrogen (secondary N) is 1. The second-order valence-corrected chi connectivity index (χ2v) is 3.89. The van der Waals surface area contributed by atoms with Gasteiger partial charge in [0, 0.05) is 26.0 Å². The first-order valence-electron chi connectivity index (χ1n) is 4.84. The molecule has 84 valence electrons. The second-order valence-electron chi connectivity index (χ2n) is 3.14. The first-order valence-corrected chi connectivity index (χ1v) is 5.63. The SMILES string of the molecule is CCNc1nccnc1-c1c(Br)nnn1C. The molecule has 6 nitrogen and oxygen atoms in total. The molecule has 0 radical (unpaired) electrons. The van der Waals surface area contributed by atoms with Crippen LogP contribution in [0.2, 0.25) is 0 Å². The molecule has 0 spiro atoms. The van der Waals surface area contributed by atoms with Crippen LogP contribution in [0.5, 0.6) is 0 Å². The first-order chi connectivity index (χ1) is 7.74.